The van der Waals surface area contributed by atoms with Gasteiger partial charge in [-0.05, 0) is 62.6 Å². The standard InChI is InChI=1S/C23H23Cl3N2O4/c1-14(2)32-23(29)31-13-30-19-10-9-15(24)12-17(19)22(28-20-8-3-4-11-27-20)16-6-5-7-18(25)21(16)26/h5-12,14,22,28H,3-4,13H2,1-2H3. The molecule has 1 aliphatic rings. The second kappa shape index (κ2) is 11.5. The normalized spacial score (nSPS) is 14.0. The summed E-state index contributed by atoms with van der Waals surface area (Å²) in [6, 6.07) is 10.0. The van der Waals surface area contributed by atoms with Crippen molar-refractivity contribution in [1.29, 1.82) is 0 Å². The number of aliphatic imine (C=N–C) groups is 1. The van der Waals surface area contributed by atoms with Crippen LogP contribution in [-0.2, 0) is 9.47 Å². The van der Waals surface area contributed by atoms with Crippen LogP contribution in [0.15, 0.2) is 53.3 Å². The van der Waals surface area contributed by atoms with Crippen LogP contribution < -0.4 is 10.1 Å². The van der Waals surface area contributed by atoms with Crippen LogP contribution in [-0.4, -0.2) is 25.3 Å². The molecule has 32 heavy (non-hydrogen) atoms. The highest BCUT2D eigenvalue weighted by molar-refractivity contribution is 6.42. The van der Waals surface area contributed by atoms with Gasteiger partial charge >= 0.3 is 6.16 Å². The minimum atomic E-state index is -0.815. The Morgan fingerprint density at radius 3 is 2.66 bits per heavy atom. The van der Waals surface area contributed by atoms with E-state index in [1.54, 1.807) is 38.1 Å². The van der Waals surface area contributed by atoms with E-state index in [1.165, 1.54) is 0 Å². The largest absolute Gasteiger partial charge is 0.511 e. The van der Waals surface area contributed by atoms with E-state index in [2.05, 4.69) is 10.3 Å². The maximum absolute atomic E-state index is 11.7. The molecule has 2 aromatic carbocycles. The van der Waals surface area contributed by atoms with Gasteiger partial charge in [0, 0.05) is 16.8 Å². The van der Waals surface area contributed by atoms with Crippen molar-refractivity contribution in [2.24, 2.45) is 4.99 Å². The molecule has 9 heteroatoms. The van der Waals surface area contributed by atoms with Gasteiger partial charge in [-0.15, -0.1) is 0 Å². The van der Waals surface area contributed by atoms with Crippen LogP contribution in [0.5, 0.6) is 5.75 Å². The number of nitrogens with one attached hydrogen (secondary N) is 1. The highest BCUT2D eigenvalue weighted by Gasteiger charge is 2.24. The van der Waals surface area contributed by atoms with Gasteiger partial charge in [0.05, 0.1) is 22.2 Å². The van der Waals surface area contributed by atoms with Gasteiger partial charge in [0.1, 0.15) is 11.6 Å². The zero-order chi connectivity index (χ0) is 23.1. The average molecular weight is 498 g/mol. The summed E-state index contributed by atoms with van der Waals surface area (Å²) in [5, 5.41) is 4.71. The van der Waals surface area contributed by atoms with E-state index >= 15 is 0 Å². The highest BCUT2D eigenvalue weighted by atomic mass is 35.5. The molecule has 0 saturated carbocycles. The molecule has 0 spiro atoms. The number of hydrogen-bond acceptors (Lipinski definition) is 6. The molecule has 6 nitrogen and oxygen atoms in total. The van der Waals surface area contributed by atoms with Gasteiger partial charge in [-0.3, -0.25) is 0 Å². The van der Waals surface area contributed by atoms with Crippen LogP contribution in [0, 0.1) is 0 Å². The Morgan fingerprint density at radius 2 is 1.94 bits per heavy atom. The molecule has 0 radical (unpaired) electrons. The van der Waals surface area contributed by atoms with Crippen molar-refractivity contribution in [1.82, 2.24) is 5.32 Å². The second-order valence-corrected chi connectivity index (χ2v) is 8.43. The molecule has 0 amide bonds. The van der Waals surface area contributed by atoms with Crippen LogP contribution in [0.25, 0.3) is 0 Å². The van der Waals surface area contributed by atoms with Crippen LogP contribution in [0.1, 0.15) is 43.9 Å². The number of halogens is 3. The Hall–Kier alpha value is -2.41. The Bertz CT molecular complexity index is 1020. The summed E-state index contributed by atoms with van der Waals surface area (Å²) in [6.45, 7) is 3.12. The molecule has 0 fully saturated rings. The molecule has 1 heterocycles. The number of benzene rings is 2. The molecule has 1 atom stereocenters. The maximum atomic E-state index is 11.7. The Morgan fingerprint density at radius 1 is 1.12 bits per heavy atom. The number of allylic oxidation sites excluding steroid dienone is 1. The quantitative estimate of drug-likeness (QED) is 0.316. The van der Waals surface area contributed by atoms with E-state index in [4.69, 9.17) is 49.0 Å². The lowest BCUT2D eigenvalue weighted by Gasteiger charge is -2.25. The van der Waals surface area contributed by atoms with Crippen molar-refractivity contribution in [3.63, 3.8) is 0 Å². The van der Waals surface area contributed by atoms with Crippen molar-refractivity contribution in [2.45, 2.75) is 38.8 Å². The van der Waals surface area contributed by atoms with E-state index in [0.29, 0.717) is 37.8 Å². The van der Waals surface area contributed by atoms with E-state index in [-0.39, 0.29) is 12.9 Å². The van der Waals surface area contributed by atoms with Gasteiger partial charge in [-0.1, -0.05) is 46.9 Å². The SMILES string of the molecule is CC(C)OC(=O)OCOc1ccc(Cl)cc1C(NC1=CCCC=N1)c1cccc(Cl)c1Cl. The molecular weight excluding hydrogens is 475 g/mol. The minimum absolute atomic E-state index is 0.295. The van der Waals surface area contributed by atoms with Gasteiger partial charge in [-0.25, -0.2) is 9.79 Å². The second-order valence-electron chi connectivity index (χ2n) is 7.20. The first-order valence-electron chi connectivity index (χ1n) is 10.0. The fourth-order valence-corrected chi connectivity index (χ4v) is 3.66. The van der Waals surface area contributed by atoms with Crippen LogP contribution >= 0.6 is 34.8 Å². The summed E-state index contributed by atoms with van der Waals surface area (Å²) >= 11 is 19.2. The van der Waals surface area contributed by atoms with E-state index in [0.717, 1.165) is 12.8 Å². The summed E-state index contributed by atoms with van der Waals surface area (Å²) in [4.78, 5) is 16.1. The topological polar surface area (TPSA) is 69.2 Å². The monoisotopic (exact) mass is 496 g/mol. The number of hydrogen-bond donors (Lipinski definition) is 1. The summed E-state index contributed by atoms with van der Waals surface area (Å²) in [5.74, 6) is 1.14. The number of carbonyl (C=O) groups excluding carboxylic acids is 1. The molecular formula is C23H23Cl3N2O4. The number of nitrogens with zero attached hydrogens (tertiary/aromatic N) is 1. The van der Waals surface area contributed by atoms with E-state index < -0.39 is 12.2 Å². The summed E-state index contributed by atoms with van der Waals surface area (Å²) in [6.07, 6.45) is 4.49. The van der Waals surface area contributed by atoms with E-state index in [9.17, 15) is 4.79 Å². The first-order chi connectivity index (χ1) is 15.3. The number of carbonyl (C=O) groups is 1. The molecule has 0 bridgehead atoms. The molecule has 0 aliphatic carbocycles. The first kappa shape index (κ1) is 24.2. The minimum Gasteiger partial charge on any atom is -0.457 e. The molecule has 1 N–H and O–H groups in total. The van der Waals surface area contributed by atoms with Crippen LogP contribution in [0.3, 0.4) is 0 Å². The van der Waals surface area contributed by atoms with Crippen molar-refractivity contribution < 1.29 is 19.0 Å². The smallest absolute Gasteiger partial charge is 0.457 e. The Kier molecular flexibility index (Phi) is 8.67. The van der Waals surface area contributed by atoms with Gasteiger partial charge in [0.15, 0.2) is 0 Å². The molecule has 0 saturated heterocycles. The van der Waals surface area contributed by atoms with Gasteiger partial charge in [0.25, 0.3) is 0 Å². The van der Waals surface area contributed by atoms with Crippen LogP contribution in [0.4, 0.5) is 4.79 Å². The van der Waals surface area contributed by atoms with Gasteiger partial charge in [-0.2, -0.15) is 0 Å². The van der Waals surface area contributed by atoms with Crippen molar-refractivity contribution in [2.75, 3.05) is 6.79 Å². The fraction of sp³-hybridized carbons (Fsp3) is 0.304. The van der Waals surface area contributed by atoms with Crippen molar-refractivity contribution in [3.8, 4) is 5.75 Å². The van der Waals surface area contributed by atoms with Crippen molar-refractivity contribution in [3.05, 3.63) is 74.5 Å². The Balaban J connectivity index is 1.93. The van der Waals surface area contributed by atoms with Gasteiger partial charge < -0.3 is 19.5 Å². The lowest BCUT2D eigenvalue weighted by atomic mass is 9.97. The third kappa shape index (κ3) is 6.55. The summed E-state index contributed by atoms with van der Waals surface area (Å²) in [5.41, 5.74) is 1.39. The molecule has 0 aromatic heterocycles. The summed E-state index contributed by atoms with van der Waals surface area (Å²) < 4.78 is 15.7. The molecule has 3 rings (SSSR count). The third-order valence-electron chi connectivity index (χ3n) is 4.45. The maximum Gasteiger partial charge on any atom is 0.511 e. The average Bonchev–Trinajstić information content (AvgIpc) is 2.75. The lowest BCUT2D eigenvalue weighted by molar-refractivity contribution is -0.00850. The predicted octanol–water partition coefficient (Wildman–Crippen LogP) is 6.93. The highest BCUT2D eigenvalue weighted by Crippen LogP contribution is 2.38. The number of ether oxygens (including phenoxy) is 3. The molecule has 170 valence electrons. The lowest BCUT2D eigenvalue weighted by Crippen LogP contribution is -2.24. The fourth-order valence-electron chi connectivity index (χ4n) is 3.06. The molecule has 1 unspecified atom stereocenters. The molecule has 2 aromatic rings. The Labute approximate surface area is 202 Å². The predicted molar refractivity (Wildman–Crippen MR) is 127 cm³/mol. The zero-order valence-corrected chi connectivity index (χ0v) is 19.9. The first-order valence-corrected chi connectivity index (χ1v) is 11.2. The molecule has 1 aliphatic heterocycles. The van der Waals surface area contributed by atoms with E-state index in [1.807, 2.05) is 24.4 Å². The van der Waals surface area contributed by atoms with Crippen LogP contribution in [0.2, 0.25) is 15.1 Å². The zero-order valence-electron chi connectivity index (χ0n) is 17.6. The summed E-state index contributed by atoms with van der Waals surface area (Å²) in [7, 11) is 0. The van der Waals surface area contributed by atoms with Crippen molar-refractivity contribution >= 4 is 47.2 Å². The van der Waals surface area contributed by atoms with Gasteiger partial charge in [0.2, 0.25) is 6.79 Å². The number of rotatable bonds is 8. The third-order valence-corrected chi connectivity index (χ3v) is 5.52.